The molecule has 1 amide bonds. The van der Waals surface area contributed by atoms with E-state index < -0.39 is 49.5 Å². The van der Waals surface area contributed by atoms with Gasteiger partial charge in [0.1, 0.15) is 24.4 Å². The Morgan fingerprint density at radius 3 is 1.65 bits per heavy atom. The predicted molar refractivity (Wildman–Crippen MR) is 264 cm³/mol. The Morgan fingerprint density at radius 1 is 0.569 bits per heavy atom. The average molecular weight is 918 g/mol. The van der Waals surface area contributed by atoms with Crippen molar-refractivity contribution in [2.24, 2.45) is 0 Å². The van der Waals surface area contributed by atoms with Crippen LogP contribution >= 0.6 is 0 Å². The number of esters is 1. The number of amides is 1. The van der Waals surface area contributed by atoms with Crippen molar-refractivity contribution in [3.63, 3.8) is 0 Å². The van der Waals surface area contributed by atoms with Gasteiger partial charge in [-0.05, 0) is 103 Å². The van der Waals surface area contributed by atoms with Gasteiger partial charge in [0.2, 0.25) is 5.91 Å². The Balaban J connectivity index is 2.16. The van der Waals surface area contributed by atoms with Crippen LogP contribution in [-0.4, -0.2) is 100 Å². The molecule has 1 fully saturated rings. The van der Waals surface area contributed by atoms with E-state index in [4.69, 9.17) is 14.2 Å². The predicted octanol–water partition coefficient (Wildman–Crippen LogP) is 10.7. The van der Waals surface area contributed by atoms with Crippen LogP contribution in [0.5, 0.6) is 0 Å². The van der Waals surface area contributed by atoms with Crippen LogP contribution in [0.25, 0.3) is 0 Å². The molecule has 1 heterocycles. The lowest BCUT2D eigenvalue weighted by Gasteiger charge is -2.40. The third kappa shape index (κ3) is 34.3. The molecule has 0 aromatic carbocycles. The number of nitrogens with one attached hydrogen (secondary N) is 1. The van der Waals surface area contributed by atoms with E-state index in [1.165, 1.54) is 77.0 Å². The SMILES string of the molecule is CCCCC/C=C/CC/C=C/C(O)C(COC1OC(CO)C(O)C(O)C1O)NC(=O)CCCCCCCC/C=C\C=C/CCCCCOC(=O)CCCCCCC/C=C\CCCCCC. The zero-order valence-electron chi connectivity index (χ0n) is 40.9. The molecule has 0 aliphatic carbocycles. The van der Waals surface area contributed by atoms with E-state index in [2.05, 4.69) is 67.8 Å². The number of carbonyl (C=O) groups excluding carboxylic acids is 2. The number of ether oxygens (including phenoxy) is 3. The van der Waals surface area contributed by atoms with Gasteiger partial charge in [0.15, 0.2) is 6.29 Å². The lowest BCUT2D eigenvalue weighted by atomic mass is 9.99. The normalized spacial score (nSPS) is 20.3. The van der Waals surface area contributed by atoms with Gasteiger partial charge in [-0.15, -0.1) is 0 Å². The van der Waals surface area contributed by atoms with Gasteiger partial charge in [-0.1, -0.05) is 152 Å². The van der Waals surface area contributed by atoms with Crippen molar-refractivity contribution in [2.45, 2.75) is 249 Å². The molecule has 1 aliphatic heterocycles. The van der Waals surface area contributed by atoms with Gasteiger partial charge in [0, 0.05) is 12.8 Å². The molecule has 0 aromatic rings. The van der Waals surface area contributed by atoms with Crippen LogP contribution in [-0.2, 0) is 23.8 Å². The van der Waals surface area contributed by atoms with Gasteiger partial charge in [-0.25, -0.2) is 0 Å². The molecule has 376 valence electrons. The second-order valence-electron chi connectivity index (χ2n) is 17.9. The number of allylic oxidation sites excluding steroid dienone is 9. The fourth-order valence-electron chi connectivity index (χ4n) is 7.61. The summed E-state index contributed by atoms with van der Waals surface area (Å²) in [4.78, 5) is 25.0. The van der Waals surface area contributed by atoms with Crippen LogP contribution in [0.4, 0.5) is 0 Å². The molecular formula is C54H95NO10. The highest BCUT2D eigenvalue weighted by molar-refractivity contribution is 5.76. The second-order valence-corrected chi connectivity index (χ2v) is 17.9. The molecule has 7 atom stereocenters. The first kappa shape index (κ1) is 60.4. The van der Waals surface area contributed by atoms with Crippen LogP contribution in [0.2, 0.25) is 0 Å². The van der Waals surface area contributed by atoms with Gasteiger partial charge in [0.25, 0.3) is 0 Å². The maximum Gasteiger partial charge on any atom is 0.305 e. The molecular weight excluding hydrogens is 823 g/mol. The molecule has 1 saturated heterocycles. The highest BCUT2D eigenvalue weighted by Gasteiger charge is 2.44. The Bertz CT molecular complexity index is 1270. The van der Waals surface area contributed by atoms with Crippen LogP contribution < -0.4 is 5.32 Å². The highest BCUT2D eigenvalue weighted by Crippen LogP contribution is 2.22. The van der Waals surface area contributed by atoms with E-state index in [0.717, 1.165) is 103 Å². The summed E-state index contributed by atoms with van der Waals surface area (Å²) in [6, 6.07) is -0.844. The highest BCUT2D eigenvalue weighted by atomic mass is 16.7. The molecule has 0 saturated carbocycles. The Kier molecular flexibility index (Phi) is 40.8. The largest absolute Gasteiger partial charge is 0.466 e. The van der Waals surface area contributed by atoms with Gasteiger partial charge in [-0.3, -0.25) is 9.59 Å². The maximum atomic E-state index is 12.9. The summed E-state index contributed by atoms with van der Waals surface area (Å²) in [5.41, 5.74) is 0. The smallest absolute Gasteiger partial charge is 0.305 e. The van der Waals surface area contributed by atoms with Crippen molar-refractivity contribution in [2.75, 3.05) is 19.8 Å². The summed E-state index contributed by atoms with van der Waals surface area (Å²) < 4.78 is 16.6. The zero-order valence-corrected chi connectivity index (χ0v) is 40.9. The van der Waals surface area contributed by atoms with Crippen molar-refractivity contribution < 1.29 is 49.3 Å². The Morgan fingerprint density at radius 2 is 1.05 bits per heavy atom. The van der Waals surface area contributed by atoms with Gasteiger partial charge in [-0.2, -0.15) is 0 Å². The van der Waals surface area contributed by atoms with Crippen LogP contribution in [0.3, 0.4) is 0 Å². The number of aliphatic hydroxyl groups is 5. The van der Waals surface area contributed by atoms with Crippen molar-refractivity contribution in [3.8, 4) is 0 Å². The monoisotopic (exact) mass is 918 g/mol. The van der Waals surface area contributed by atoms with E-state index in [-0.39, 0.29) is 18.5 Å². The number of hydrogen-bond acceptors (Lipinski definition) is 10. The fourth-order valence-corrected chi connectivity index (χ4v) is 7.61. The van der Waals surface area contributed by atoms with Crippen molar-refractivity contribution in [3.05, 3.63) is 60.8 Å². The summed E-state index contributed by atoms with van der Waals surface area (Å²) in [7, 11) is 0. The molecule has 11 heteroatoms. The topological polar surface area (TPSA) is 175 Å². The minimum absolute atomic E-state index is 0.0526. The van der Waals surface area contributed by atoms with E-state index in [9.17, 15) is 35.1 Å². The molecule has 11 nitrogen and oxygen atoms in total. The van der Waals surface area contributed by atoms with Crippen molar-refractivity contribution in [1.29, 1.82) is 0 Å². The lowest BCUT2D eigenvalue weighted by molar-refractivity contribution is -0.302. The van der Waals surface area contributed by atoms with Gasteiger partial charge >= 0.3 is 5.97 Å². The number of carbonyl (C=O) groups is 2. The molecule has 7 unspecified atom stereocenters. The number of unbranched alkanes of at least 4 members (excludes halogenated alkanes) is 22. The quantitative estimate of drug-likeness (QED) is 0.0149. The molecule has 6 N–H and O–H groups in total. The van der Waals surface area contributed by atoms with Gasteiger partial charge in [0.05, 0.1) is 32.0 Å². The molecule has 1 aliphatic rings. The van der Waals surface area contributed by atoms with E-state index in [1.54, 1.807) is 6.08 Å². The molecule has 65 heavy (non-hydrogen) atoms. The third-order valence-electron chi connectivity index (χ3n) is 11.9. The molecule has 0 bridgehead atoms. The van der Waals surface area contributed by atoms with Crippen molar-refractivity contribution in [1.82, 2.24) is 5.32 Å². The lowest BCUT2D eigenvalue weighted by Crippen LogP contribution is -2.60. The molecule has 0 radical (unpaired) electrons. The van der Waals surface area contributed by atoms with Gasteiger partial charge < -0.3 is 45.1 Å². The van der Waals surface area contributed by atoms with E-state index in [1.807, 2.05) is 6.08 Å². The summed E-state index contributed by atoms with van der Waals surface area (Å²) in [5, 5.41) is 54.0. The second kappa shape index (κ2) is 43.9. The first-order valence-corrected chi connectivity index (χ1v) is 26.1. The van der Waals surface area contributed by atoms with Crippen molar-refractivity contribution >= 4 is 11.9 Å². The summed E-state index contributed by atoms with van der Waals surface area (Å²) in [6.45, 7) is 4.15. The van der Waals surface area contributed by atoms with E-state index >= 15 is 0 Å². The zero-order chi connectivity index (χ0) is 47.4. The third-order valence-corrected chi connectivity index (χ3v) is 11.9. The average Bonchev–Trinajstić information content (AvgIpc) is 3.30. The molecule has 1 rings (SSSR count). The first-order chi connectivity index (χ1) is 31.7. The van der Waals surface area contributed by atoms with E-state index in [0.29, 0.717) is 19.4 Å². The minimum atomic E-state index is -1.59. The minimum Gasteiger partial charge on any atom is -0.466 e. The Hall–Kier alpha value is -2.64. The Labute approximate surface area is 395 Å². The number of aliphatic hydroxyl groups excluding tert-OH is 5. The first-order valence-electron chi connectivity index (χ1n) is 26.1. The molecule has 0 aromatic heterocycles. The summed E-state index contributed by atoms with van der Waals surface area (Å²) in [5.74, 6) is -0.272. The summed E-state index contributed by atoms with van der Waals surface area (Å²) in [6.07, 6.45) is 44.6. The molecule has 0 spiro atoms. The van der Waals surface area contributed by atoms with Crippen LogP contribution in [0.15, 0.2) is 60.8 Å². The number of hydrogen-bond donors (Lipinski definition) is 6. The maximum absolute atomic E-state index is 12.9. The fraction of sp³-hybridized carbons (Fsp3) is 0.778. The standard InChI is InChI=1S/C54H95NO10/c1-3-5-7-9-11-13-14-18-22-26-30-34-38-42-50(59)63-43-39-35-31-27-23-20-17-15-16-19-21-25-29-33-37-41-49(58)55-46(47(57)40-36-32-28-24-12-10-8-6-4-2)45-64-54-53(62)52(61)51(60)48(44-56)65-54/h12-15,17,20,23-24,36,40,46-48,51-54,56-57,60-62H,3-11,16,18-19,21-22,25-35,37-39,41-45H2,1-2H3,(H,55,58)/b14-13-,17-15-,23-20-,24-12+,40-36+. The van der Waals surface area contributed by atoms with Crippen LogP contribution in [0.1, 0.15) is 206 Å². The number of rotatable bonds is 43. The van der Waals surface area contributed by atoms with Crippen LogP contribution in [0, 0.1) is 0 Å². The summed E-state index contributed by atoms with van der Waals surface area (Å²) >= 11 is 0.